The molecule has 0 N–H and O–H groups in total. The number of aliphatic imine (C=N–C) groups is 1. The van der Waals surface area contributed by atoms with Gasteiger partial charge in [-0.05, 0) is 25.0 Å². The summed E-state index contributed by atoms with van der Waals surface area (Å²) in [6.45, 7) is 5.27. The minimum absolute atomic E-state index is 0.195. The second kappa shape index (κ2) is 13.4. The number of Topliss-reactive ketones (excluding diaryl/α,β-unsaturated/α-hetero) is 1. The molecule has 1 aromatic rings. The van der Waals surface area contributed by atoms with Gasteiger partial charge in [0.2, 0.25) is 0 Å². The molecule has 0 saturated heterocycles. The van der Waals surface area contributed by atoms with Crippen LogP contribution < -0.4 is 0 Å². The Balaban J connectivity index is 2.51. The van der Waals surface area contributed by atoms with Crippen molar-refractivity contribution in [3.63, 3.8) is 0 Å². The topological polar surface area (TPSA) is 29.4 Å². The highest BCUT2D eigenvalue weighted by Gasteiger charge is 2.09. The molecule has 0 aliphatic rings. The maximum absolute atomic E-state index is 12.4. The molecular weight excluding hydrogens is 302 g/mol. The molecule has 0 atom stereocenters. The first-order valence-electron chi connectivity index (χ1n) is 8.96. The second-order valence-electron chi connectivity index (χ2n) is 5.84. The van der Waals surface area contributed by atoms with Crippen LogP contribution in [0.3, 0.4) is 0 Å². The molecule has 0 radical (unpaired) electrons. The van der Waals surface area contributed by atoms with Crippen LogP contribution in [0.2, 0.25) is 0 Å². The number of carbonyl (C=O) groups excluding carboxylic acids is 1. The van der Waals surface area contributed by atoms with E-state index >= 15 is 0 Å². The van der Waals surface area contributed by atoms with Crippen LogP contribution in [-0.4, -0.2) is 29.5 Å². The SMILES string of the molecule is CCCCCCC(CC(=O)c1ccccc1)=NCCSCCC. The monoisotopic (exact) mass is 333 g/mol. The first-order chi connectivity index (χ1) is 11.3. The van der Waals surface area contributed by atoms with E-state index in [9.17, 15) is 4.79 Å². The number of nitrogens with zero attached hydrogens (tertiary/aromatic N) is 1. The zero-order valence-corrected chi connectivity index (χ0v) is 15.5. The number of ketones is 1. The van der Waals surface area contributed by atoms with Gasteiger partial charge in [0, 0.05) is 30.0 Å². The molecule has 0 saturated carbocycles. The van der Waals surface area contributed by atoms with Gasteiger partial charge in [-0.15, -0.1) is 0 Å². The summed E-state index contributed by atoms with van der Waals surface area (Å²) in [5.41, 5.74) is 1.89. The Morgan fingerprint density at radius 1 is 1.00 bits per heavy atom. The highest BCUT2D eigenvalue weighted by Crippen LogP contribution is 2.11. The van der Waals surface area contributed by atoms with Gasteiger partial charge in [0.1, 0.15) is 0 Å². The van der Waals surface area contributed by atoms with Crippen molar-refractivity contribution < 1.29 is 4.79 Å². The van der Waals surface area contributed by atoms with Gasteiger partial charge < -0.3 is 0 Å². The molecule has 1 rings (SSSR count). The van der Waals surface area contributed by atoms with Crippen LogP contribution in [0.15, 0.2) is 35.3 Å². The van der Waals surface area contributed by atoms with Crippen molar-refractivity contribution in [2.45, 2.75) is 58.8 Å². The summed E-state index contributed by atoms with van der Waals surface area (Å²) in [4.78, 5) is 17.1. The molecule has 0 fully saturated rings. The molecular formula is C20H31NOS. The third kappa shape index (κ3) is 9.60. The zero-order valence-electron chi connectivity index (χ0n) is 14.7. The van der Waals surface area contributed by atoms with Crippen molar-refractivity contribution in [3.8, 4) is 0 Å². The fourth-order valence-corrected chi connectivity index (χ4v) is 3.12. The van der Waals surface area contributed by atoms with E-state index in [1.165, 1.54) is 31.4 Å². The Morgan fingerprint density at radius 2 is 1.78 bits per heavy atom. The Hall–Kier alpha value is -1.09. The molecule has 0 aromatic heterocycles. The van der Waals surface area contributed by atoms with E-state index in [4.69, 9.17) is 4.99 Å². The van der Waals surface area contributed by atoms with Gasteiger partial charge in [-0.1, -0.05) is 63.4 Å². The first-order valence-corrected chi connectivity index (χ1v) is 10.1. The molecule has 0 aliphatic heterocycles. The van der Waals surface area contributed by atoms with E-state index in [0.717, 1.165) is 36.4 Å². The third-order valence-corrected chi connectivity index (χ3v) is 4.87. The molecule has 0 aliphatic carbocycles. The molecule has 3 heteroatoms. The summed E-state index contributed by atoms with van der Waals surface area (Å²) in [6.07, 6.45) is 7.56. The second-order valence-corrected chi connectivity index (χ2v) is 7.06. The Labute approximate surface area is 146 Å². The lowest BCUT2D eigenvalue weighted by atomic mass is 10.0. The van der Waals surface area contributed by atoms with Crippen LogP contribution >= 0.6 is 11.8 Å². The lowest BCUT2D eigenvalue weighted by Crippen LogP contribution is -2.10. The third-order valence-electron chi connectivity index (χ3n) is 3.70. The van der Waals surface area contributed by atoms with E-state index in [1.54, 1.807) is 0 Å². The van der Waals surface area contributed by atoms with Crippen molar-refractivity contribution in [1.29, 1.82) is 0 Å². The van der Waals surface area contributed by atoms with E-state index in [2.05, 4.69) is 13.8 Å². The number of rotatable bonds is 13. The van der Waals surface area contributed by atoms with Crippen molar-refractivity contribution in [1.82, 2.24) is 0 Å². The number of unbranched alkanes of at least 4 members (excludes halogenated alkanes) is 3. The summed E-state index contributed by atoms with van der Waals surface area (Å²) in [7, 11) is 0. The molecule has 128 valence electrons. The molecule has 0 spiro atoms. The minimum atomic E-state index is 0.195. The highest BCUT2D eigenvalue weighted by atomic mass is 32.2. The van der Waals surface area contributed by atoms with Crippen LogP contribution in [0.1, 0.15) is 69.2 Å². The molecule has 0 heterocycles. The van der Waals surface area contributed by atoms with Crippen LogP contribution in [0, 0.1) is 0 Å². The normalized spacial score (nSPS) is 11.7. The summed E-state index contributed by atoms with van der Waals surface area (Å²) >= 11 is 1.95. The average Bonchev–Trinajstić information content (AvgIpc) is 2.59. The Bertz CT molecular complexity index is 456. The average molecular weight is 334 g/mol. The number of thioether (sulfide) groups is 1. The van der Waals surface area contributed by atoms with E-state index in [1.807, 2.05) is 42.1 Å². The molecule has 0 bridgehead atoms. The Kier molecular flexibility index (Phi) is 11.6. The standard InChI is InChI=1S/C20H31NOS/c1-3-5-6-10-13-19(21-14-16-23-15-4-2)17-20(22)18-11-8-7-9-12-18/h7-9,11-12H,3-6,10,13-17H2,1-2H3. The van der Waals surface area contributed by atoms with Crippen LogP contribution in [0.25, 0.3) is 0 Å². The molecule has 0 unspecified atom stereocenters. The van der Waals surface area contributed by atoms with Crippen molar-refractivity contribution in [2.24, 2.45) is 4.99 Å². The van der Waals surface area contributed by atoms with Crippen molar-refractivity contribution >= 4 is 23.3 Å². The first kappa shape index (κ1) is 20.0. The summed E-state index contributed by atoms with van der Waals surface area (Å²) < 4.78 is 0. The number of hydrogen-bond acceptors (Lipinski definition) is 3. The fourth-order valence-electron chi connectivity index (χ4n) is 2.41. The van der Waals surface area contributed by atoms with Crippen molar-refractivity contribution in [3.05, 3.63) is 35.9 Å². The van der Waals surface area contributed by atoms with Crippen molar-refractivity contribution in [2.75, 3.05) is 18.1 Å². The molecule has 0 amide bonds. The number of carbonyl (C=O) groups is 1. The summed E-state index contributed by atoms with van der Waals surface area (Å²) in [5.74, 6) is 2.46. The quantitative estimate of drug-likeness (QED) is 0.259. The van der Waals surface area contributed by atoms with Gasteiger partial charge in [-0.2, -0.15) is 11.8 Å². The molecule has 1 aromatic carbocycles. The van der Waals surface area contributed by atoms with Gasteiger partial charge in [0.15, 0.2) is 5.78 Å². The molecule has 23 heavy (non-hydrogen) atoms. The maximum Gasteiger partial charge on any atom is 0.168 e. The largest absolute Gasteiger partial charge is 0.294 e. The predicted octanol–water partition coefficient (Wildman–Crippen LogP) is 5.81. The van der Waals surface area contributed by atoms with Gasteiger partial charge in [-0.3, -0.25) is 9.79 Å². The van der Waals surface area contributed by atoms with E-state index in [0.29, 0.717) is 6.42 Å². The fraction of sp³-hybridized carbons (Fsp3) is 0.600. The predicted molar refractivity (Wildman–Crippen MR) is 104 cm³/mol. The van der Waals surface area contributed by atoms with Gasteiger partial charge >= 0.3 is 0 Å². The Morgan fingerprint density at radius 3 is 2.48 bits per heavy atom. The van der Waals surface area contributed by atoms with Gasteiger partial charge in [0.05, 0.1) is 0 Å². The smallest absolute Gasteiger partial charge is 0.168 e. The van der Waals surface area contributed by atoms with Crippen LogP contribution in [-0.2, 0) is 0 Å². The van der Waals surface area contributed by atoms with Crippen LogP contribution in [0.5, 0.6) is 0 Å². The van der Waals surface area contributed by atoms with Gasteiger partial charge in [-0.25, -0.2) is 0 Å². The lowest BCUT2D eigenvalue weighted by molar-refractivity contribution is 0.1000. The molecule has 2 nitrogen and oxygen atoms in total. The van der Waals surface area contributed by atoms with Crippen LogP contribution in [0.4, 0.5) is 0 Å². The van der Waals surface area contributed by atoms with E-state index < -0.39 is 0 Å². The highest BCUT2D eigenvalue weighted by molar-refractivity contribution is 7.99. The minimum Gasteiger partial charge on any atom is -0.294 e. The zero-order chi connectivity index (χ0) is 16.8. The van der Waals surface area contributed by atoms with Gasteiger partial charge in [0.25, 0.3) is 0 Å². The number of benzene rings is 1. The summed E-state index contributed by atoms with van der Waals surface area (Å²) in [5, 5.41) is 0. The lowest BCUT2D eigenvalue weighted by Gasteiger charge is -2.07. The number of hydrogen-bond donors (Lipinski definition) is 0. The van der Waals surface area contributed by atoms with E-state index in [-0.39, 0.29) is 5.78 Å². The maximum atomic E-state index is 12.4. The summed E-state index contributed by atoms with van der Waals surface area (Å²) in [6, 6.07) is 9.59.